The molecular weight excluding hydrogens is 964 g/mol. The Bertz CT molecular complexity index is 3000. The fourth-order valence-electron chi connectivity index (χ4n) is 9.55. The van der Waals surface area contributed by atoms with Gasteiger partial charge < -0.3 is 55.8 Å². The first-order valence-corrected chi connectivity index (χ1v) is 24.3. The summed E-state index contributed by atoms with van der Waals surface area (Å²) >= 11 is 0. The number of nitrogens with one attached hydrogen (secondary N) is 7. The first kappa shape index (κ1) is 52.6. The van der Waals surface area contributed by atoms with Gasteiger partial charge in [-0.2, -0.15) is 0 Å². The number of carbonyl (C=O) groups excluding carboxylic acids is 8. The highest BCUT2D eigenvalue weighted by molar-refractivity contribution is 6.12. The Hall–Kier alpha value is -7.73. The van der Waals surface area contributed by atoms with Crippen molar-refractivity contribution in [1.29, 1.82) is 5.41 Å². The molecule has 390 valence electrons. The lowest BCUT2D eigenvalue weighted by Gasteiger charge is -2.32. The quantitative estimate of drug-likeness (QED) is 0.0181. The molecule has 0 unspecified atom stereocenters. The summed E-state index contributed by atoms with van der Waals surface area (Å²) in [6.07, 6.45) is 3.53. The van der Waals surface area contributed by atoms with E-state index in [9.17, 15) is 43.5 Å². The van der Waals surface area contributed by atoms with Crippen molar-refractivity contribution in [1.82, 2.24) is 46.4 Å². The molecule has 4 aromatic rings. The zero-order valence-corrected chi connectivity index (χ0v) is 40.8. The molecule has 74 heavy (non-hydrogen) atoms. The number of hydrogen-bond acceptors (Lipinski definition) is 15. The standard InChI is InChI=1S/C51H57FN10O12/c1-3-51(71)33-20-38-47-31(25-62(38)48(53)32(33)26-74-50(51)70)46-35(10-9-30-28(2)34(52)21-36(60-47)45(30)46)54-14-17-73-27-58-41(65)23-57-49(69)37(19-29-7-5-4-6-8-29)59-42(66)24-56-40(64)22-55-39(63)13-16-72-18-15-61-43(67)11-12-44(61)68/h4-8,11-12,20-21,35,37,53-54,71H,3,9-10,13-19,22-27H2,1-2H3,(H,55,63)(H,56,64)(H,57,69)(H,58,65)(H,59,66)/t35-,37-,51-/m0/s1. The number of amides is 7. The molecule has 0 saturated heterocycles. The maximum atomic E-state index is 15.4. The van der Waals surface area contributed by atoms with Crippen LogP contribution in [0.4, 0.5) is 4.39 Å². The third kappa shape index (κ3) is 11.4. The van der Waals surface area contributed by atoms with Crippen LogP contribution in [0.2, 0.25) is 0 Å². The highest BCUT2D eigenvalue weighted by atomic mass is 19.1. The molecule has 22 nitrogen and oxygen atoms in total. The molecule has 2 aromatic heterocycles. The van der Waals surface area contributed by atoms with Gasteiger partial charge in [0.25, 0.3) is 11.8 Å². The van der Waals surface area contributed by atoms with Crippen molar-refractivity contribution in [3.8, 4) is 11.4 Å². The van der Waals surface area contributed by atoms with E-state index < -0.39 is 78.6 Å². The van der Waals surface area contributed by atoms with Gasteiger partial charge in [0.15, 0.2) is 5.60 Å². The number of nitrogens with zero attached hydrogens (tertiary/aromatic N) is 3. The zero-order chi connectivity index (χ0) is 52.7. The molecule has 0 saturated carbocycles. The van der Waals surface area contributed by atoms with Gasteiger partial charge in [-0.3, -0.25) is 43.9 Å². The summed E-state index contributed by atoms with van der Waals surface area (Å²) in [5, 5.41) is 37.5. The molecule has 4 aliphatic rings. The Morgan fingerprint density at radius 2 is 1.62 bits per heavy atom. The average molecular weight is 1020 g/mol. The molecule has 0 bridgehead atoms. The van der Waals surface area contributed by atoms with Gasteiger partial charge in [-0.25, -0.2) is 14.2 Å². The van der Waals surface area contributed by atoms with Gasteiger partial charge in [-0.1, -0.05) is 37.3 Å². The normalized spacial score (nSPS) is 17.5. The number of aliphatic hydroxyl groups is 1. The van der Waals surface area contributed by atoms with E-state index in [1.807, 2.05) is 0 Å². The number of ether oxygens (including phenoxy) is 3. The third-order valence-electron chi connectivity index (χ3n) is 13.5. The van der Waals surface area contributed by atoms with E-state index in [2.05, 4.69) is 31.9 Å². The molecule has 3 atom stereocenters. The molecule has 7 amide bonds. The van der Waals surface area contributed by atoms with Crippen molar-refractivity contribution in [2.75, 3.05) is 59.3 Å². The van der Waals surface area contributed by atoms with Crippen molar-refractivity contribution in [2.45, 2.75) is 76.8 Å². The summed E-state index contributed by atoms with van der Waals surface area (Å²) < 4.78 is 33.5. The number of rotatable bonds is 23. The predicted molar refractivity (Wildman–Crippen MR) is 259 cm³/mol. The fourth-order valence-corrected chi connectivity index (χ4v) is 9.55. The molecular formula is C51H57FN10O12. The van der Waals surface area contributed by atoms with Crippen LogP contribution >= 0.6 is 0 Å². The van der Waals surface area contributed by atoms with Crippen LogP contribution in [0, 0.1) is 18.2 Å². The highest BCUT2D eigenvalue weighted by Gasteiger charge is 2.45. The number of imide groups is 1. The van der Waals surface area contributed by atoms with E-state index in [1.54, 1.807) is 54.8 Å². The van der Waals surface area contributed by atoms with E-state index in [1.165, 1.54) is 6.07 Å². The maximum absolute atomic E-state index is 15.4. The number of aromatic nitrogens is 2. The highest BCUT2D eigenvalue weighted by Crippen LogP contribution is 2.46. The molecule has 23 heteroatoms. The third-order valence-corrected chi connectivity index (χ3v) is 13.5. The predicted octanol–water partition coefficient (Wildman–Crippen LogP) is -0.279. The summed E-state index contributed by atoms with van der Waals surface area (Å²) in [4.78, 5) is 106. The van der Waals surface area contributed by atoms with Crippen LogP contribution in [0.5, 0.6) is 0 Å². The molecule has 1 aliphatic carbocycles. The van der Waals surface area contributed by atoms with E-state index in [0.29, 0.717) is 58.5 Å². The minimum absolute atomic E-state index is 0.0225. The second kappa shape index (κ2) is 23.0. The number of hydrogen-bond donors (Lipinski definition) is 8. The lowest BCUT2D eigenvalue weighted by molar-refractivity contribution is -0.172. The second-order valence-electron chi connectivity index (χ2n) is 18.2. The number of cyclic esters (lactones) is 1. The van der Waals surface area contributed by atoms with Gasteiger partial charge in [0.2, 0.25) is 29.5 Å². The molecule has 0 radical (unpaired) electrons. The van der Waals surface area contributed by atoms with E-state index >= 15 is 4.39 Å². The number of benzene rings is 2. The van der Waals surface area contributed by atoms with Gasteiger partial charge >= 0.3 is 5.97 Å². The fraction of sp³-hybridized carbons (Fsp3) is 0.412. The van der Waals surface area contributed by atoms with Gasteiger partial charge in [-0.15, -0.1) is 0 Å². The van der Waals surface area contributed by atoms with Crippen LogP contribution < -0.4 is 37.4 Å². The molecule has 0 fully saturated rings. The van der Waals surface area contributed by atoms with Crippen LogP contribution in [-0.2, 0) is 84.2 Å². The Balaban J connectivity index is 0.791. The minimum atomic E-state index is -1.93. The number of fused-ring (bicyclic) bond motifs is 5. The molecule has 0 spiro atoms. The smallest absolute Gasteiger partial charge is 0.343 e. The number of halogens is 1. The molecule has 8 rings (SSSR count). The molecule has 3 aliphatic heterocycles. The van der Waals surface area contributed by atoms with Crippen molar-refractivity contribution in [3.63, 3.8) is 0 Å². The monoisotopic (exact) mass is 1020 g/mol. The number of pyridine rings is 2. The molecule has 5 heterocycles. The van der Waals surface area contributed by atoms with Crippen LogP contribution in [-0.4, -0.2) is 132 Å². The van der Waals surface area contributed by atoms with Crippen LogP contribution in [0.3, 0.4) is 0 Å². The topological polar surface area (TPSA) is 302 Å². The SMILES string of the molecule is CC[C@@]1(O)C(=O)OCc2c1cc1n(c2=N)Cc2c-1nc1cc(F)c(C)c3c1c2[C@@H](NCCOCNC(=O)CNC(=O)[C@H](Cc1ccccc1)NC(=O)CNC(=O)CNC(=O)CCOCCN1C(=O)C=CC1=O)CC3. The van der Waals surface area contributed by atoms with Crippen molar-refractivity contribution < 1.29 is 62.1 Å². The van der Waals surface area contributed by atoms with Crippen LogP contribution in [0.15, 0.2) is 54.6 Å². The summed E-state index contributed by atoms with van der Waals surface area (Å²) in [6, 6.07) is 10.6. The Kier molecular flexibility index (Phi) is 16.3. The first-order valence-electron chi connectivity index (χ1n) is 24.3. The second-order valence-corrected chi connectivity index (χ2v) is 18.2. The first-order chi connectivity index (χ1) is 35.6. The van der Waals surface area contributed by atoms with E-state index in [0.717, 1.165) is 39.1 Å². The minimum Gasteiger partial charge on any atom is -0.458 e. The maximum Gasteiger partial charge on any atom is 0.343 e. The largest absolute Gasteiger partial charge is 0.458 e. The lowest BCUT2D eigenvalue weighted by Crippen LogP contribution is -2.52. The lowest BCUT2D eigenvalue weighted by atomic mass is 9.81. The summed E-state index contributed by atoms with van der Waals surface area (Å²) in [7, 11) is 0. The van der Waals surface area contributed by atoms with Crippen LogP contribution in [0.25, 0.3) is 22.3 Å². The van der Waals surface area contributed by atoms with Gasteiger partial charge in [0, 0.05) is 65.7 Å². The van der Waals surface area contributed by atoms with Crippen molar-refractivity contribution in [2.24, 2.45) is 0 Å². The van der Waals surface area contributed by atoms with Gasteiger partial charge in [0.05, 0.1) is 69.4 Å². The Morgan fingerprint density at radius 3 is 2.38 bits per heavy atom. The number of carbonyl (C=O) groups is 8. The average Bonchev–Trinajstić information content (AvgIpc) is 3.95. The Labute approximate surface area is 423 Å². The van der Waals surface area contributed by atoms with Crippen LogP contribution in [0.1, 0.15) is 71.2 Å². The molecule has 2 aromatic carbocycles. The van der Waals surface area contributed by atoms with Crippen molar-refractivity contribution in [3.05, 3.63) is 105 Å². The summed E-state index contributed by atoms with van der Waals surface area (Å²) in [5.74, 6) is -5.14. The zero-order valence-electron chi connectivity index (χ0n) is 40.8. The van der Waals surface area contributed by atoms with Gasteiger partial charge in [0.1, 0.15) is 30.7 Å². The van der Waals surface area contributed by atoms with E-state index in [4.69, 9.17) is 24.6 Å². The summed E-state index contributed by atoms with van der Waals surface area (Å²) in [6.45, 7) is 2.56. The molecule has 8 N–H and O–H groups in total. The van der Waals surface area contributed by atoms with Gasteiger partial charge in [-0.05, 0) is 54.5 Å². The number of aryl methyl sites for hydroxylation is 1. The number of esters is 1. The summed E-state index contributed by atoms with van der Waals surface area (Å²) in [5.41, 5.74) is 4.32. The van der Waals surface area contributed by atoms with E-state index in [-0.39, 0.29) is 82.9 Å². The van der Waals surface area contributed by atoms with Crippen molar-refractivity contribution >= 4 is 58.2 Å². The Morgan fingerprint density at radius 1 is 0.905 bits per heavy atom.